The molecule has 1 heterocycles. The summed E-state index contributed by atoms with van der Waals surface area (Å²) in [6, 6.07) is 15.1. The van der Waals surface area contributed by atoms with E-state index in [-0.39, 0.29) is 5.91 Å². The van der Waals surface area contributed by atoms with Crippen LogP contribution in [0.4, 0.5) is 0 Å². The summed E-state index contributed by atoms with van der Waals surface area (Å²) in [6.45, 7) is 3.05. The Balaban J connectivity index is 1.65. The number of carbonyl (C=O) groups is 1. The first-order valence-corrected chi connectivity index (χ1v) is 8.24. The topological polar surface area (TPSA) is 60.0 Å². The molecule has 0 bridgehead atoms. The maximum atomic E-state index is 12.4. The van der Waals surface area contributed by atoms with Crippen LogP contribution < -0.4 is 14.9 Å². The molecule has 1 N–H and O–H groups in total. The van der Waals surface area contributed by atoms with Gasteiger partial charge in [-0.25, -0.2) is 5.01 Å². The molecule has 0 unspecified atom stereocenters. The molecule has 0 saturated carbocycles. The second kappa shape index (κ2) is 8.50. The highest BCUT2D eigenvalue weighted by Crippen LogP contribution is 2.28. The quantitative estimate of drug-likeness (QED) is 0.872. The summed E-state index contributed by atoms with van der Waals surface area (Å²) < 4.78 is 16.5. The number of hydrogen-bond acceptors (Lipinski definition) is 5. The van der Waals surface area contributed by atoms with E-state index in [4.69, 9.17) is 14.2 Å². The van der Waals surface area contributed by atoms with E-state index in [1.807, 2.05) is 35.3 Å². The Bertz CT molecular complexity index is 700. The van der Waals surface area contributed by atoms with Gasteiger partial charge >= 0.3 is 0 Å². The van der Waals surface area contributed by atoms with Crippen molar-refractivity contribution in [1.82, 2.24) is 10.4 Å². The monoisotopic (exact) mass is 342 g/mol. The van der Waals surface area contributed by atoms with E-state index in [2.05, 4.69) is 5.43 Å². The number of morpholine rings is 1. The minimum Gasteiger partial charge on any atom is -0.493 e. The molecular weight excluding hydrogens is 320 g/mol. The molecule has 0 radical (unpaired) electrons. The van der Waals surface area contributed by atoms with Crippen LogP contribution in [-0.2, 0) is 11.3 Å². The van der Waals surface area contributed by atoms with Gasteiger partial charge in [-0.3, -0.25) is 10.2 Å². The van der Waals surface area contributed by atoms with Gasteiger partial charge in [0, 0.05) is 18.7 Å². The molecule has 3 rings (SSSR count). The zero-order valence-electron chi connectivity index (χ0n) is 14.2. The molecule has 2 aromatic rings. The molecule has 6 heteroatoms. The van der Waals surface area contributed by atoms with E-state index >= 15 is 0 Å². The maximum absolute atomic E-state index is 12.4. The van der Waals surface area contributed by atoms with Gasteiger partial charge < -0.3 is 14.2 Å². The van der Waals surface area contributed by atoms with E-state index in [1.54, 1.807) is 25.3 Å². The lowest BCUT2D eigenvalue weighted by Gasteiger charge is -2.27. The number of rotatable bonds is 6. The lowest BCUT2D eigenvalue weighted by Crippen LogP contribution is -2.48. The first kappa shape index (κ1) is 17.3. The van der Waals surface area contributed by atoms with Crippen molar-refractivity contribution >= 4 is 5.91 Å². The summed E-state index contributed by atoms with van der Waals surface area (Å²) >= 11 is 0. The number of nitrogens with zero attached hydrogens (tertiary/aromatic N) is 1. The van der Waals surface area contributed by atoms with Gasteiger partial charge in [0.15, 0.2) is 11.5 Å². The van der Waals surface area contributed by atoms with E-state index in [0.717, 1.165) is 5.56 Å². The van der Waals surface area contributed by atoms with Gasteiger partial charge in [0.25, 0.3) is 5.91 Å². The largest absolute Gasteiger partial charge is 0.493 e. The Morgan fingerprint density at radius 2 is 1.88 bits per heavy atom. The first-order valence-electron chi connectivity index (χ1n) is 8.24. The highest BCUT2D eigenvalue weighted by Gasteiger charge is 2.16. The lowest BCUT2D eigenvalue weighted by atomic mass is 10.2. The third-order valence-corrected chi connectivity index (χ3v) is 3.93. The summed E-state index contributed by atoms with van der Waals surface area (Å²) in [4.78, 5) is 12.4. The number of carbonyl (C=O) groups excluding carboxylic acids is 1. The van der Waals surface area contributed by atoms with Gasteiger partial charge in [-0.15, -0.1) is 0 Å². The number of amides is 1. The zero-order chi connectivity index (χ0) is 17.5. The minimum absolute atomic E-state index is 0.171. The van der Waals surface area contributed by atoms with Crippen molar-refractivity contribution in [3.05, 3.63) is 59.7 Å². The zero-order valence-corrected chi connectivity index (χ0v) is 14.2. The molecule has 1 amide bonds. The minimum atomic E-state index is -0.171. The van der Waals surface area contributed by atoms with Crippen LogP contribution in [0.2, 0.25) is 0 Å². The van der Waals surface area contributed by atoms with Crippen LogP contribution in [-0.4, -0.2) is 44.3 Å². The van der Waals surface area contributed by atoms with Crippen LogP contribution >= 0.6 is 0 Å². The van der Waals surface area contributed by atoms with Gasteiger partial charge in [-0.2, -0.15) is 0 Å². The molecule has 2 aromatic carbocycles. The Hall–Kier alpha value is -2.57. The molecule has 25 heavy (non-hydrogen) atoms. The molecule has 0 spiro atoms. The van der Waals surface area contributed by atoms with E-state index < -0.39 is 0 Å². The van der Waals surface area contributed by atoms with E-state index in [0.29, 0.717) is 50.0 Å². The molecule has 1 aliphatic heterocycles. The Morgan fingerprint density at radius 1 is 1.12 bits per heavy atom. The highest BCUT2D eigenvalue weighted by atomic mass is 16.5. The smallest absolute Gasteiger partial charge is 0.265 e. The second-order valence-corrected chi connectivity index (χ2v) is 5.68. The van der Waals surface area contributed by atoms with Gasteiger partial charge in [-0.05, 0) is 23.8 Å². The normalized spacial score (nSPS) is 14.8. The van der Waals surface area contributed by atoms with Gasteiger partial charge in [0.2, 0.25) is 0 Å². The van der Waals surface area contributed by atoms with Crippen molar-refractivity contribution in [2.75, 3.05) is 33.4 Å². The highest BCUT2D eigenvalue weighted by molar-refractivity contribution is 5.94. The number of ether oxygens (including phenoxy) is 3. The van der Waals surface area contributed by atoms with E-state index in [1.165, 1.54) is 0 Å². The molecule has 132 valence electrons. The van der Waals surface area contributed by atoms with Crippen LogP contribution in [0, 0.1) is 0 Å². The summed E-state index contributed by atoms with van der Waals surface area (Å²) in [5.74, 6) is 0.967. The summed E-state index contributed by atoms with van der Waals surface area (Å²) in [7, 11) is 1.56. The average molecular weight is 342 g/mol. The fourth-order valence-electron chi connectivity index (χ4n) is 2.55. The van der Waals surface area contributed by atoms with Crippen LogP contribution in [0.3, 0.4) is 0 Å². The van der Waals surface area contributed by atoms with Crippen LogP contribution in [0.15, 0.2) is 48.5 Å². The Kier molecular flexibility index (Phi) is 5.87. The van der Waals surface area contributed by atoms with Crippen molar-refractivity contribution in [3.63, 3.8) is 0 Å². The third kappa shape index (κ3) is 4.71. The average Bonchev–Trinajstić information content (AvgIpc) is 2.67. The maximum Gasteiger partial charge on any atom is 0.265 e. The summed E-state index contributed by atoms with van der Waals surface area (Å²) in [5, 5.41) is 1.86. The number of benzene rings is 2. The van der Waals surface area contributed by atoms with Gasteiger partial charge in [0.05, 0.1) is 20.3 Å². The van der Waals surface area contributed by atoms with Crippen LogP contribution in [0.1, 0.15) is 15.9 Å². The molecule has 6 nitrogen and oxygen atoms in total. The van der Waals surface area contributed by atoms with Crippen molar-refractivity contribution in [1.29, 1.82) is 0 Å². The van der Waals surface area contributed by atoms with Gasteiger partial charge in [-0.1, -0.05) is 30.3 Å². The van der Waals surface area contributed by atoms with Crippen molar-refractivity contribution in [2.45, 2.75) is 6.61 Å². The van der Waals surface area contributed by atoms with Crippen molar-refractivity contribution in [3.8, 4) is 11.5 Å². The molecule has 1 aliphatic rings. The predicted octanol–water partition coefficient (Wildman–Crippen LogP) is 2.25. The number of hydrazine groups is 1. The molecule has 0 aromatic heterocycles. The number of hydrogen-bond donors (Lipinski definition) is 1. The van der Waals surface area contributed by atoms with E-state index in [9.17, 15) is 4.79 Å². The fourth-order valence-corrected chi connectivity index (χ4v) is 2.55. The number of methoxy groups -OCH3 is 1. The van der Waals surface area contributed by atoms with Crippen molar-refractivity contribution < 1.29 is 19.0 Å². The number of nitrogens with one attached hydrogen (secondary N) is 1. The second-order valence-electron chi connectivity index (χ2n) is 5.68. The molecule has 1 saturated heterocycles. The Morgan fingerprint density at radius 3 is 2.60 bits per heavy atom. The van der Waals surface area contributed by atoms with Crippen molar-refractivity contribution in [2.24, 2.45) is 0 Å². The molecule has 0 aliphatic carbocycles. The first-order chi connectivity index (χ1) is 12.3. The molecule has 0 atom stereocenters. The summed E-state index contributed by atoms with van der Waals surface area (Å²) in [6.07, 6.45) is 0. The fraction of sp³-hybridized carbons (Fsp3) is 0.316. The third-order valence-electron chi connectivity index (χ3n) is 3.93. The molecule has 1 fully saturated rings. The Labute approximate surface area is 147 Å². The SMILES string of the molecule is COc1cc(C(=O)NN2CCOCC2)ccc1OCc1ccccc1. The van der Waals surface area contributed by atoms with Gasteiger partial charge in [0.1, 0.15) is 6.61 Å². The summed E-state index contributed by atoms with van der Waals surface area (Å²) in [5.41, 5.74) is 4.47. The van der Waals surface area contributed by atoms with Crippen LogP contribution in [0.25, 0.3) is 0 Å². The standard InChI is InChI=1S/C19H22N2O4/c1-23-18-13-16(19(22)20-21-9-11-24-12-10-21)7-8-17(18)25-14-15-5-3-2-4-6-15/h2-8,13H,9-12,14H2,1H3,(H,20,22). The lowest BCUT2D eigenvalue weighted by molar-refractivity contribution is 0.0126. The van der Waals surface area contributed by atoms with Crippen LogP contribution in [0.5, 0.6) is 11.5 Å². The molecular formula is C19H22N2O4. The predicted molar refractivity (Wildman–Crippen MR) is 93.6 cm³/mol.